The number of nitrogens with one attached hydrogen (secondary N) is 1. The molecule has 0 bridgehead atoms. The Morgan fingerprint density at radius 3 is 2.48 bits per heavy atom. The SMILES string of the molecule is COc1ccc(/C=N\N2CC[NH+](Cc3ccccc3)CC2)c(OC)c1. The molecule has 1 saturated heterocycles. The standard InChI is InChI=1S/C20H25N3O2/c1-24-19-9-8-18(20(14-19)25-2)15-21-23-12-10-22(11-13-23)16-17-6-4-3-5-7-17/h3-9,14-15H,10-13,16H2,1-2H3/p+1/b21-15-. The number of rotatable bonds is 6. The van der Waals surface area contributed by atoms with Crippen molar-refractivity contribution in [2.75, 3.05) is 40.4 Å². The van der Waals surface area contributed by atoms with Gasteiger partial charge < -0.3 is 14.4 Å². The van der Waals surface area contributed by atoms with Gasteiger partial charge in [0.25, 0.3) is 0 Å². The molecule has 1 aliphatic rings. The van der Waals surface area contributed by atoms with Crippen LogP contribution in [0, 0.1) is 0 Å². The van der Waals surface area contributed by atoms with Gasteiger partial charge in [0, 0.05) is 17.2 Å². The number of hydrogen-bond donors (Lipinski definition) is 1. The van der Waals surface area contributed by atoms with E-state index in [9.17, 15) is 0 Å². The monoisotopic (exact) mass is 340 g/mol. The lowest BCUT2D eigenvalue weighted by atomic mass is 10.2. The Hall–Kier alpha value is -2.53. The summed E-state index contributed by atoms with van der Waals surface area (Å²) in [6.07, 6.45) is 1.88. The summed E-state index contributed by atoms with van der Waals surface area (Å²) < 4.78 is 10.6. The maximum absolute atomic E-state index is 5.42. The third-order valence-electron chi connectivity index (χ3n) is 4.54. The van der Waals surface area contributed by atoms with E-state index in [1.807, 2.05) is 24.4 Å². The second kappa shape index (κ2) is 8.53. The van der Waals surface area contributed by atoms with Crippen molar-refractivity contribution < 1.29 is 14.4 Å². The second-order valence-corrected chi connectivity index (χ2v) is 6.22. The third kappa shape index (κ3) is 4.73. The van der Waals surface area contributed by atoms with Crippen LogP contribution in [0.15, 0.2) is 53.6 Å². The Labute approximate surface area is 149 Å². The summed E-state index contributed by atoms with van der Waals surface area (Å²) in [5.41, 5.74) is 2.36. The number of quaternary nitrogens is 1. The highest BCUT2D eigenvalue weighted by Gasteiger charge is 2.18. The normalized spacial score (nSPS) is 15.5. The Morgan fingerprint density at radius 2 is 1.80 bits per heavy atom. The smallest absolute Gasteiger partial charge is 0.131 e. The van der Waals surface area contributed by atoms with E-state index < -0.39 is 0 Å². The van der Waals surface area contributed by atoms with Gasteiger partial charge in [-0.25, -0.2) is 0 Å². The average molecular weight is 340 g/mol. The lowest BCUT2D eigenvalue weighted by molar-refractivity contribution is -0.918. The lowest BCUT2D eigenvalue weighted by Crippen LogP contribution is -3.13. The first kappa shape index (κ1) is 17.3. The number of benzene rings is 2. The molecule has 3 rings (SSSR count). The van der Waals surface area contributed by atoms with Crippen LogP contribution in [0.25, 0.3) is 0 Å². The van der Waals surface area contributed by atoms with Gasteiger partial charge in [0.15, 0.2) is 0 Å². The molecular weight excluding hydrogens is 314 g/mol. The predicted octanol–water partition coefficient (Wildman–Crippen LogP) is 1.44. The molecule has 1 N–H and O–H groups in total. The first-order valence-electron chi connectivity index (χ1n) is 8.67. The minimum absolute atomic E-state index is 0.774. The summed E-state index contributed by atoms with van der Waals surface area (Å²) in [5, 5.41) is 6.77. The molecule has 0 atom stereocenters. The van der Waals surface area contributed by atoms with Crippen molar-refractivity contribution >= 4 is 6.21 Å². The molecule has 1 heterocycles. The van der Waals surface area contributed by atoms with E-state index in [-0.39, 0.29) is 0 Å². The number of methoxy groups -OCH3 is 2. The van der Waals surface area contributed by atoms with E-state index in [0.29, 0.717) is 0 Å². The first-order valence-corrected chi connectivity index (χ1v) is 8.67. The molecule has 0 spiro atoms. The molecule has 1 aliphatic heterocycles. The fourth-order valence-electron chi connectivity index (χ4n) is 3.06. The van der Waals surface area contributed by atoms with Crippen molar-refractivity contribution in [2.24, 2.45) is 5.10 Å². The Kier molecular flexibility index (Phi) is 5.90. The van der Waals surface area contributed by atoms with Crippen LogP contribution in [0.5, 0.6) is 11.5 Å². The number of nitrogens with zero attached hydrogens (tertiary/aromatic N) is 2. The van der Waals surface area contributed by atoms with Crippen LogP contribution in [0.1, 0.15) is 11.1 Å². The van der Waals surface area contributed by atoms with Gasteiger partial charge in [-0.3, -0.25) is 5.01 Å². The number of hydrogen-bond acceptors (Lipinski definition) is 4. The van der Waals surface area contributed by atoms with Crippen molar-refractivity contribution in [3.63, 3.8) is 0 Å². The molecule has 5 heteroatoms. The maximum Gasteiger partial charge on any atom is 0.131 e. The highest BCUT2D eigenvalue weighted by Crippen LogP contribution is 2.23. The molecular formula is C20H26N3O2+. The molecule has 1 fully saturated rings. The molecule has 0 unspecified atom stereocenters. The fourth-order valence-corrected chi connectivity index (χ4v) is 3.06. The third-order valence-corrected chi connectivity index (χ3v) is 4.54. The van der Waals surface area contributed by atoms with E-state index in [4.69, 9.17) is 9.47 Å². The van der Waals surface area contributed by atoms with E-state index in [0.717, 1.165) is 49.8 Å². The van der Waals surface area contributed by atoms with Crippen LogP contribution < -0.4 is 14.4 Å². The van der Waals surface area contributed by atoms with Gasteiger partial charge in [0.1, 0.15) is 18.0 Å². The molecule has 132 valence electrons. The average Bonchev–Trinajstić information content (AvgIpc) is 2.68. The van der Waals surface area contributed by atoms with Crippen LogP contribution in [0.2, 0.25) is 0 Å². The molecule has 0 aromatic heterocycles. The fraction of sp³-hybridized carbons (Fsp3) is 0.350. The summed E-state index contributed by atoms with van der Waals surface area (Å²) in [5.74, 6) is 1.56. The number of ether oxygens (including phenoxy) is 2. The van der Waals surface area contributed by atoms with Crippen LogP contribution in [0.3, 0.4) is 0 Å². The van der Waals surface area contributed by atoms with Gasteiger partial charge >= 0.3 is 0 Å². The van der Waals surface area contributed by atoms with Crippen LogP contribution >= 0.6 is 0 Å². The predicted molar refractivity (Wildman–Crippen MR) is 99.6 cm³/mol. The zero-order chi connectivity index (χ0) is 17.5. The quantitative estimate of drug-likeness (QED) is 0.809. The van der Waals surface area contributed by atoms with Crippen molar-refractivity contribution in [2.45, 2.75) is 6.54 Å². The second-order valence-electron chi connectivity index (χ2n) is 6.22. The molecule has 2 aromatic rings. The molecule has 5 nitrogen and oxygen atoms in total. The molecule has 2 aromatic carbocycles. The lowest BCUT2D eigenvalue weighted by Gasteiger charge is -2.30. The zero-order valence-electron chi connectivity index (χ0n) is 14.9. The van der Waals surface area contributed by atoms with E-state index >= 15 is 0 Å². The van der Waals surface area contributed by atoms with Gasteiger partial charge in [-0.1, -0.05) is 30.3 Å². The largest absolute Gasteiger partial charge is 0.497 e. The zero-order valence-corrected chi connectivity index (χ0v) is 14.9. The Morgan fingerprint density at radius 1 is 1.04 bits per heavy atom. The molecule has 25 heavy (non-hydrogen) atoms. The molecule has 0 amide bonds. The van der Waals surface area contributed by atoms with Gasteiger partial charge in [0.2, 0.25) is 0 Å². The summed E-state index contributed by atoms with van der Waals surface area (Å²) in [6.45, 7) is 5.23. The Balaban J connectivity index is 1.54. The van der Waals surface area contributed by atoms with E-state index in [1.165, 1.54) is 5.56 Å². The minimum atomic E-state index is 0.774. The van der Waals surface area contributed by atoms with Gasteiger partial charge in [-0.05, 0) is 12.1 Å². The van der Waals surface area contributed by atoms with Gasteiger partial charge in [-0.2, -0.15) is 5.10 Å². The topological polar surface area (TPSA) is 38.5 Å². The number of piperazine rings is 1. The van der Waals surface area contributed by atoms with Crippen molar-refractivity contribution in [1.82, 2.24) is 5.01 Å². The van der Waals surface area contributed by atoms with Gasteiger partial charge in [0.05, 0.1) is 46.6 Å². The molecule has 0 aliphatic carbocycles. The number of hydrazone groups is 1. The van der Waals surface area contributed by atoms with Gasteiger partial charge in [-0.15, -0.1) is 0 Å². The summed E-state index contributed by atoms with van der Waals surface area (Å²) in [7, 11) is 3.32. The van der Waals surface area contributed by atoms with Crippen molar-refractivity contribution in [1.29, 1.82) is 0 Å². The molecule has 0 radical (unpaired) electrons. The van der Waals surface area contributed by atoms with Crippen LogP contribution in [0.4, 0.5) is 0 Å². The Bertz CT molecular complexity index is 695. The van der Waals surface area contributed by atoms with Crippen LogP contribution in [-0.2, 0) is 6.54 Å². The highest BCUT2D eigenvalue weighted by molar-refractivity contribution is 5.83. The first-order chi connectivity index (χ1) is 12.3. The maximum atomic E-state index is 5.42. The molecule has 0 saturated carbocycles. The van der Waals surface area contributed by atoms with E-state index in [1.54, 1.807) is 19.1 Å². The van der Waals surface area contributed by atoms with Crippen molar-refractivity contribution in [3.05, 3.63) is 59.7 Å². The summed E-state index contributed by atoms with van der Waals surface area (Å²) >= 11 is 0. The minimum Gasteiger partial charge on any atom is -0.497 e. The summed E-state index contributed by atoms with van der Waals surface area (Å²) in [6, 6.07) is 16.5. The van der Waals surface area contributed by atoms with Crippen molar-refractivity contribution in [3.8, 4) is 11.5 Å². The summed E-state index contributed by atoms with van der Waals surface area (Å²) in [4.78, 5) is 1.61. The highest BCUT2D eigenvalue weighted by atomic mass is 16.5. The van der Waals surface area contributed by atoms with Crippen LogP contribution in [-0.4, -0.2) is 51.6 Å². The van der Waals surface area contributed by atoms with E-state index in [2.05, 4.69) is 40.4 Å².